The van der Waals surface area contributed by atoms with Gasteiger partial charge in [-0.2, -0.15) is 0 Å². The molecule has 0 aliphatic heterocycles. The molecule has 0 fully saturated rings. The van der Waals surface area contributed by atoms with E-state index in [9.17, 15) is 0 Å². The van der Waals surface area contributed by atoms with Crippen molar-refractivity contribution in [3.05, 3.63) is 257 Å². The Morgan fingerprint density at radius 1 is 0.627 bits per heavy atom. The fourth-order valence-corrected chi connectivity index (χ4v) is 8.89. The maximum atomic E-state index is 5.40. The summed E-state index contributed by atoms with van der Waals surface area (Å²) in [6, 6.07) is 60.7. The molecule has 59 heavy (non-hydrogen) atoms. The first kappa shape index (κ1) is 35.9. The average molecular weight is 756 g/mol. The Morgan fingerprint density at radius 2 is 1.36 bits per heavy atom. The van der Waals surface area contributed by atoms with Gasteiger partial charge in [0.15, 0.2) is 5.84 Å². The van der Waals surface area contributed by atoms with Crippen molar-refractivity contribution < 1.29 is 0 Å². The van der Waals surface area contributed by atoms with Gasteiger partial charge in [0.2, 0.25) is 0 Å². The van der Waals surface area contributed by atoms with Gasteiger partial charge in [-0.25, -0.2) is 9.98 Å². The van der Waals surface area contributed by atoms with E-state index < -0.39 is 0 Å². The molecule has 3 nitrogen and oxygen atoms in total. The van der Waals surface area contributed by atoms with E-state index >= 15 is 0 Å². The van der Waals surface area contributed by atoms with Crippen LogP contribution >= 0.6 is 0 Å². The zero-order chi connectivity index (χ0) is 39.5. The maximum Gasteiger partial charge on any atom is 0.159 e. The quantitative estimate of drug-likeness (QED) is 0.118. The third kappa shape index (κ3) is 6.87. The molecule has 0 saturated carbocycles. The molecule has 2 aliphatic rings. The van der Waals surface area contributed by atoms with E-state index in [-0.39, 0.29) is 11.8 Å². The van der Waals surface area contributed by atoms with Crippen LogP contribution in [0.1, 0.15) is 51.8 Å². The molecular weight excluding hydrogens is 715 g/mol. The number of fused-ring (bicyclic) bond motifs is 4. The van der Waals surface area contributed by atoms with Gasteiger partial charge < -0.3 is 0 Å². The minimum atomic E-state index is 0.0885. The molecule has 1 heterocycles. The van der Waals surface area contributed by atoms with Crippen molar-refractivity contribution in [1.29, 1.82) is 0 Å². The van der Waals surface area contributed by atoms with Crippen molar-refractivity contribution in [2.75, 3.05) is 0 Å². The average Bonchev–Trinajstić information content (AvgIpc) is 3.31. The maximum absolute atomic E-state index is 5.40. The third-order valence-electron chi connectivity index (χ3n) is 11.6. The lowest BCUT2D eigenvalue weighted by molar-refractivity contribution is 0.649. The van der Waals surface area contributed by atoms with E-state index in [1.165, 1.54) is 49.6 Å². The number of pyridine rings is 1. The Balaban J connectivity index is 1.10. The largest absolute Gasteiger partial charge is 0.264 e. The molecular formula is C56H41N3. The van der Waals surface area contributed by atoms with E-state index in [1.54, 1.807) is 6.20 Å². The SMILES string of the molecule is C/C=C(\N=C(N=Cc1ccc(-c2cccnc2)cc1)c1cccc(C2c3ccccc3C(c3cccc4ccccc34)=C3C=CC=CC32)c1)c1cccc2ccccc12. The van der Waals surface area contributed by atoms with E-state index in [0.29, 0.717) is 5.84 Å². The molecule has 7 aromatic carbocycles. The smallest absolute Gasteiger partial charge is 0.159 e. The lowest BCUT2D eigenvalue weighted by Gasteiger charge is -2.37. The van der Waals surface area contributed by atoms with E-state index in [1.807, 2.05) is 18.5 Å². The summed E-state index contributed by atoms with van der Waals surface area (Å²) in [5, 5.41) is 4.86. The minimum absolute atomic E-state index is 0.0885. The fraction of sp³-hybridized carbons (Fsp3) is 0.0536. The standard InChI is InChI=1S/C56H41N3/c1-2-53(47-28-12-17-40-15-3-5-22-45(40)47)59-56(58-36-38-30-32-39(33-31-38)44-21-14-34-57-37-44)43-20-11-19-42(35-43)54-49-24-7-9-26-51(49)55(52-27-10-8-25-50(52)54)48-29-13-18-41-16-4-6-23-46(41)48/h2-37,49,54H,1H3/b53-2-,58-36?,59-56?. The molecule has 0 bridgehead atoms. The number of allylic oxidation sites excluding steroid dienone is 6. The van der Waals surface area contributed by atoms with Crippen LogP contribution in [-0.4, -0.2) is 17.0 Å². The molecule has 3 heteroatoms. The highest BCUT2D eigenvalue weighted by molar-refractivity contribution is 6.08. The Labute approximate surface area is 345 Å². The minimum Gasteiger partial charge on any atom is -0.264 e. The molecule has 0 N–H and O–H groups in total. The molecule has 280 valence electrons. The summed E-state index contributed by atoms with van der Waals surface area (Å²) >= 11 is 0. The van der Waals surface area contributed by atoms with Crippen LogP contribution in [0.25, 0.3) is 43.9 Å². The normalized spacial score (nSPS) is 16.5. The second kappa shape index (κ2) is 15.8. The van der Waals surface area contributed by atoms with Crippen LogP contribution in [-0.2, 0) is 0 Å². The molecule has 2 atom stereocenters. The van der Waals surface area contributed by atoms with Gasteiger partial charge in [0.25, 0.3) is 0 Å². The highest BCUT2D eigenvalue weighted by Crippen LogP contribution is 2.51. The van der Waals surface area contributed by atoms with Gasteiger partial charge >= 0.3 is 0 Å². The van der Waals surface area contributed by atoms with Crippen LogP contribution in [0.3, 0.4) is 0 Å². The van der Waals surface area contributed by atoms with Crippen molar-refractivity contribution in [3.63, 3.8) is 0 Å². The number of rotatable bonds is 7. The molecule has 8 aromatic rings. The number of hydrogen-bond acceptors (Lipinski definition) is 2. The Morgan fingerprint density at radius 3 is 2.19 bits per heavy atom. The number of aliphatic imine (C=N–C) groups is 2. The molecule has 10 rings (SSSR count). The predicted molar refractivity (Wildman–Crippen MR) is 248 cm³/mol. The van der Waals surface area contributed by atoms with Crippen molar-refractivity contribution >= 4 is 44.9 Å². The summed E-state index contributed by atoms with van der Waals surface area (Å²) in [7, 11) is 0. The van der Waals surface area contributed by atoms with Gasteiger partial charge in [-0.05, 0) is 90.7 Å². The monoisotopic (exact) mass is 755 g/mol. The number of benzene rings is 7. The van der Waals surface area contributed by atoms with E-state index in [0.717, 1.165) is 38.9 Å². The summed E-state index contributed by atoms with van der Waals surface area (Å²) in [5.41, 5.74) is 13.8. The first-order chi connectivity index (χ1) is 29.2. The summed E-state index contributed by atoms with van der Waals surface area (Å²) in [4.78, 5) is 14.9. The lowest BCUT2D eigenvalue weighted by Crippen LogP contribution is -2.23. The lowest BCUT2D eigenvalue weighted by atomic mass is 9.66. The number of amidine groups is 1. The van der Waals surface area contributed by atoms with E-state index in [2.05, 4.69) is 206 Å². The molecule has 0 amide bonds. The van der Waals surface area contributed by atoms with Gasteiger partial charge in [-0.3, -0.25) is 4.98 Å². The zero-order valence-electron chi connectivity index (χ0n) is 32.8. The summed E-state index contributed by atoms with van der Waals surface area (Å²) < 4.78 is 0. The van der Waals surface area contributed by atoms with Crippen LogP contribution in [0.2, 0.25) is 0 Å². The fourth-order valence-electron chi connectivity index (χ4n) is 8.89. The Bertz CT molecular complexity index is 3040. The van der Waals surface area contributed by atoms with Gasteiger partial charge in [0.1, 0.15) is 0 Å². The highest BCUT2D eigenvalue weighted by atomic mass is 14.9. The van der Waals surface area contributed by atoms with Crippen LogP contribution in [0.15, 0.2) is 228 Å². The molecule has 2 unspecified atom stereocenters. The first-order valence-corrected chi connectivity index (χ1v) is 20.3. The van der Waals surface area contributed by atoms with Crippen LogP contribution < -0.4 is 0 Å². The van der Waals surface area contributed by atoms with Gasteiger partial charge in [-0.1, -0.05) is 188 Å². The molecule has 0 saturated heterocycles. The molecule has 0 spiro atoms. The topological polar surface area (TPSA) is 37.6 Å². The van der Waals surface area contributed by atoms with Gasteiger partial charge in [0, 0.05) is 41.6 Å². The molecule has 0 radical (unpaired) electrons. The van der Waals surface area contributed by atoms with Gasteiger partial charge in [-0.15, -0.1) is 0 Å². The molecule has 1 aromatic heterocycles. The second-order valence-corrected chi connectivity index (χ2v) is 15.1. The van der Waals surface area contributed by atoms with Crippen molar-refractivity contribution in [3.8, 4) is 11.1 Å². The van der Waals surface area contributed by atoms with Crippen molar-refractivity contribution in [2.24, 2.45) is 15.9 Å². The predicted octanol–water partition coefficient (Wildman–Crippen LogP) is 13.7. The van der Waals surface area contributed by atoms with Crippen molar-refractivity contribution in [2.45, 2.75) is 12.8 Å². The summed E-state index contributed by atoms with van der Waals surface area (Å²) in [6.45, 7) is 2.05. The van der Waals surface area contributed by atoms with Gasteiger partial charge in [0.05, 0.1) is 5.70 Å². The van der Waals surface area contributed by atoms with Crippen molar-refractivity contribution in [1.82, 2.24) is 4.98 Å². The zero-order valence-corrected chi connectivity index (χ0v) is 32.8. The number of hydrogen-bond donors (Lipinski definition) is 0. The Hall–Kier alpha value is -7.49. The Kier molecular flexibility index (Phi) is 9.61. The van der Waals surface area contributed by atoms with Crippen LogP contribution in [0.4, 0.5) is 0 Å². The molecule has 2 aliphatic carbocycles. The summed E-state index contributed by atoms with van der Waals surface area (Å²) in [6.07, 6.45) is 16.8. The third-order valence-corrected chi connectivity index (χ3v) is 11.6. The second-order valence-electron chi connectivity index (χ2n) is 15.1. The number of nitrogens with zero attached hydrogens (tertiary/aromatic N) is 3. The summed E-state index contributed by atoms with van der Waals surface area (Å²) in [5.74, 6) is 0.883. The van der Waals surface area contributed by atoms with Crippen LogP contribution in [0, 0.1) is 5.92 Å². The first-order valence-electron chi connectivity index (χ1n) is 20.3. The number of aromatic nitrogens is 1. The van der Waals surface area contributed by atoms with Crippen LogP contribution in [0.5, 0.6) is 0 Å². The van der Waals surface area contributed by atoms with E-state index in [4.69, 9.17) is 9.98 Å². The highest BCUT2D eigenvalue weighted by Gasteiger charge is 2.36.